The van der Waals surface area contributed by atoms with Crippen LogP contribution in [0.4, 0.5) is 5.69 Å². The molecule has 6 nitrogen and oxygen atoms in total. The van der Waals surface area contributed by atoms with E-state index in [-0.39, 0.29) is 6.61 Å². The molecule has 0 bridgehead atoms. The van der Waals surface area contributed by atoms with Crippen molar-refractivity contribution < 1.29 is 22.7 Å². The van der Waals surface area contributed by atoms with E-state index in [2.05, 4.69) is 62.7 Å². The summed E-state index contributed by atoms with van der Waals surface area (Å²) in [6, 6.07) is 12.5. The molecule has 0 amide bonds. The number of sulfonamides is 1. The molecule has 7 heteroatoms. The van der Waals surface area contributed by atoms with Crippen LogP contribution in [0.25, 0.3) is 22.3 Å². The predicted molar refractivity (Wildman–Crippen MR) is 160 cm³/mol. The summed E-state index contributed by atoms with van der Waals surface area (Å²) in [7, 11) is -3.61. The van der Waals surface area contributed by atoms with Gasteiger partial charge in [0.05, 0.1) is 16.5 Å². The quantitative estimate of drug-likeness (QED) is 0.323. The molecule has 212 valence electrons. The Labute approximate surface area is 238 Å². The molecule has 1 aliphatic carbocycles. The third-order valence-electron chi connectivity index (χ3n) is 8.32. The van der Waals surface area contributed by atoms with Gasteiger partial charge in [0.25, 0.3) is 0 Å². The van der Waals surface area contributed by atoms with E-state index < -0.39 is 32.9 Å². The summed E-state index contributed by atoms with van der Waals surface area (Å²) < 4.78 is 41.8. The second-order valence-corrected chi connectivity index (χ2v) is 14.1. The summed E-state index contributed by atoms with van der Waals surface area (Å²) >= 11 is 0. The number of ether oxygens (including phenoxy) is 2. The molecule has 0 aromatic heterocycles. The van der Waals surface area contributed by atoms with Gasteiger partial charge >= 0.3 is 5.97 Å². The van der Waals surface area contributed by atoms with E-state index in [4.69, 9.17) is 9.47 Å². The van der Waals surface area contributed by atoms with Gasteiger partial charge < -0.3 is 9.47 Å². The molecule has 1 saturated heterocycles. The standard InChI is InChI=1S/C33H39NO5S/c1-18-9-11-24(15-20(18)3)27-22(5)28(25-12-10-19(2)21(4)16-25)30(34-40(36,37)26-13-14-26)23(6)29(27)31-32(35)38-17-33(7,8)39-31/h9-12,15-16,26,31,34H,13-14,17H2,1-8H3. The first-order valence-corrected chi connectivity index (χ1v) is 15.4. The Morgan fingerprint density at radius 3 is 1.88 bits per heavy atom. The van der Waals surface area contributed by atoms with Crippen molar-refractivity contribution in [2.24, 2.45) is 0 Å². The topological polar surface area (TPSA) is 81.7 Å². The van der Waals surface area contributed by atoms with Crippen LogP contribution in [-0.4, -0.2) is 31.8 Å². The zero-order chi connectivity index (χ0) is 29.1. The minimum absolute atomic E-state index is 0.154. The Morgan fingerprint density at radius 2 is 1.35 bits per heavy atom. The van der Waals surface area contributed by atoms with Crippen LogP contribution in [0.3, 0.4) is 0 Å². The molecular formula is C33H39NO5S. The number of carbonyl (C=O) groups is 1. The van der Waals surface area contributed by atoms with Crippen molar-refractivity contribution in [3.8, 4) is 22.3 Å². The SMILES string of the molecule is Cc1ccc(-c2c(C)c(-c3ccc(C)c(C)c3)c(C3OC(C)(C)COC3=O)c(C)c2NS(=O)(=O)C2CC2)cc1C. The molecule has 5 rings (SSSR count). The summed E-state index contributed by atoms with van der Waals surface area (Å²) in [6.45, 7) is 16.1. The minimum Gasteiger partial charge on any atom is -0.460 e. The fourth-order valence-electron chi connectivity index (χ4n) is 5.51. The highest BCUT2D eigenvalue weighted by Crippen LogP contribution is 2.48. The van der Waals surface area contributed by atoms with Gasteiger partial charge in [-0.3, -0.25) is 4.72 Å². The first kappa shape index (κ1) is 28.4. The summed E-state index contributed by atoms with van der Waals surface area (Å²) in [5.74, 6) is -0.471. The van der Waals surface area contributed by atoms with Gasteiger partial charge in [-0.15, -0.1) is 0 Å². The van der Waals surface area contributed by atoms with Gasteiger partial charge in [-0.25, -0.2) is 13.2 Å². The highest BCUT2D eigenvalue weighted by molar-refractivity contribution is 7.93. The van der Waals surface area contributed by atoms with Crippen LogP contribution in [-0.2, 0) is 24.3 Å². The minimum atomic E-state index is -3.61. The molecular weight excluding hydrogens is 522 g/mol. The molecule has 1 N–H and O–H groups in total. The number of benzene rings is 3. The second kappa shape index (κ2) is 10.0. The molecule has 40 heavy (non-hydrogen) atoms. The fourth-order valence-corrected chi connectivity index (χ4v) is 6.97. The van der Waals surface area contributed by atoms with Crippen molar-refractivity contribution in [2.75, 3.05) is 11.3 Å². The van der Waals surface area contributed by atoms with Gasteiger partial charge in [-0.05, 0) is 118 Å². The number of aryl methyl sites for hydroxylation is 4. The van der Waals surface area contributed by atoms with Crippen LogP contribution in [0, 0.1) is 41.5 Å². The van der Waals surface area contributed by atoms with Crippen LogP contribution < -0.4 is 4.72 Å². The third kappa shape index (κ3) is 5.17. The zero-order valence-electron chi connectivity index (χ0n) is 24.7. The first-order chi connectivity index (χ1) is 18.7. The monoisotopic (exact) mass is 561 g/mol. The maximum Gasteiger partial charge on any atom is 0.340 e. The number of carbonyl (C=O) groups excluding carboxylic acids is 1. The number of hydrogen-bond acceptors (Lipinski definition) is 5. The molecule has 1 saturated carbocycles. The van der Waals surface area contributed by atoms with Crippen molar-refractivity contribution in [2.45, 2.75) is 85.2 Å². The lowest BCUT2D eigenvalue weighted by atomic mass is 9.81. The Hall–Kier alpha value is -3.16. The first-order valence-electron chi connectivity index (χ1n) is 13.9. The van der Waals surface area contributed by atoms with E-state index in [9.17, 15) is 13.2 Å². The average molecular weight is 562 g/mol. The predicted octanol–water partition coefficient (Wildman–Crippen LogP) is 7.17. The number of nitrogens with one attached hydrogen (secondary N) is 1. The normalized spacial score (nSPS) is 18.9. The maximum absolute atomic E-state index is 13.4. The molecule has 1 unspecified atom stereocenters. The summed E-state index contributed by atoms with van der Waals surface area (Å²) in [6.07, 6.45) is 0.287. The maximum atomic E-state index is 13.4. The van der Waals surface area contributed by atoms with Crippen LogP contribution in [0.2, 0.25) is 0 Å². The van der Waals surface area contributed by atoms with Crippen LogP contribution in [0.5, 0.6) is 0 Å². The fraction of sp³-hybridized carbons (Fsp3) is 0.424. The van der Waals surface area contributed by atoms with Crippen molar-refractivity contribution in [3.05, 3.63) is 75.3 Å². The molecule has 1 atom stereocenters. The van der Waals surface area contributed by atoms with Crippen LogP contribution in [0.1, 0.15) is 71.7 Å². The highest BCUT2D eigenvalue weighted by atomic mass is 32.2. The van der Waals surface area contributed by atoms with Gasteiger partial charge in [0.15, 0.2) is 6.10 Å². The molecule has 1 heterocycles. The van der Waals surface area contributed by atoms with Crippen molar-refractivity contribution in [1.82, 2.24) is 0 Å². The van der Waals surface area contributed by atoms with Crippen molar-refractivity contribution in [1.29, 1.82) is 0 Å². The van der Waals surface area contributed by atoms with Gasteiger partial charge in [-0.2, -0.15) is 0 Å². The lowest BCUT2D eigenvalue weighted by molar-refractivity contribution is -0.201. The molecule has 0 spiro atoms. The van der Waals surface area contributed by atoms with E-state index in [0.29, 0.717) is 29.7 Å². The van der Waals surface area contributed by atoms with Crippen molar-refractivity contribution >= 4 is 21.7 Å². The number of hydrogen-bond donors (Lipinski definition) is 1. The van der Waals surface area contributed by atoms with E-state index in [0.717, 1.165) is 50.1 Å². The van der Waals surface area contributed by atoms with E-state index in [1.54, 1.807) is 0 Å². The summed E-state index contributed by atoms with van der Waals surface area (Å²) in [4.78, 5) is 13.3. The Morgan fingerprint density at radius 1 is 0.800 bits per heavy atom. The summed E-state index contributed by atoms with van der Waals surface area (Å²) in [5, 5.41) is -0.405. The highest BCUT2D eigenvalue weighted by Gasteiger charge is 2.42. The van der Waals surface area contributed by atoms with Gasteiger partial charge in [0.1, 0.15) is 6.61 Å². The third-order valence-corrected chi connectivity index (χ3v) is 10.2. The van der Waals surface area contributed by atoms with E-state index in [1.807, 2.05) is 33.8 Å². The molecule has 0 radical (unpaired) electrons. The lowest BCUT2D eigenvalue weighted by Crippen LogP contribution is -2.42. The van der Waals surface area contributed by atoms with Crippen LogP contribution in [0.15, 0.2) is 36.4 Å². The Kier molecular flexibility index (Phi) is 7.12. The molecule has 3 aromatic rings. The number of cyclic esters (lactones) is 1. The lowest BCUT2D eigenvalue weighted by Gasteiger charge is -2.37. The largest absolute Gasteiger partial charge is 0.460 e. The number of rotatable bonds is 6. The smallest absolute Gasteiger partial charge is 0.340 e. The van der Waals surface area contributed by atoms with Gasteiger partial charge in [0.2, 0.25) is 10.0 Å². The molecule has 2 fully saturated rings. The van der Waals surface area contributed by atoms with E-state index >= 15 is 0 Å². The Bertz CT molecular complexity index is 1630. The van der Waals surface area contributed by atoms with Gasteiger partial charge in [-0.1, -0.05) is 36.4 Å². The van der Waals surface area contributed by atoms with Crippen molar-refractivity contribution in [3.63, 3.8) is 0 Å². The number of esters is 1. The number of anilines is 1. The second-order valence-electron chi connectivity index (χ2n) is 12.1. The molecule has 2 aliphatic rings. The van der Waals surface area contributed by atoms with Crippen LogP contribution >= 0.6 is 0 Å². The van der Waals surface area contributed by atoms with Gasteiger partial charge in [0, 0.05) is 11.1 Å². The summed E-state index contributed by atoms with van der Waals surface area (Å²) in [5.41, 5.74) is 10.1. The Balaban J connectivity index is 1.89. The average Bonchev–Trinajstić information content (AvgIpc) is 3.73. The molecule has 3 aromatic carbocycles. The molecule has 1 aliphatic heterocycles. The van der Waals surface area contributed by atoms with E-state index in [1.165, 1.54) is 0 Å². The zero-order valence-corrected chi connectivity index (χ0v) is 25.5.